The second-order valence-corrected chi connectivity index (χ2v) is 3.18. The van der Waals surface area contributed by atoms with Crippen LogP contribution in [-0.2, 0) is 24.4 Å². The molecule has 0 aliphatic rings. The average Bonchev–Trinajstić information content (AvgIpc) is 1.60. The molecule has 0 saturated heterocycles. The highest BCUT2D eigenvalue weighted by Gasteiger charge is 2.15. The molecule has 0 spiro atoms. The summed E-state index contributed by atoms with van der Waals surface area (Å²) in [6.07, 6.45) is 0. The van der Waals surface area contributed by atoms with Crippen LogP contribution in [0.15, 0.2) is 0 Å². The summed E-state index contributed by atoms with van der Waals surface area (Å²) in [4.78, 5) is 0. The van der Waals surface area contributed by atoms with Crippen LogP contribution in [0.3, 0.4) is 0 Å². The Hall–Kier alpha value is -0.340. The molecule has 0 aromatic heterocycles. The Labute approximate surface area is 68.4 Å². The van der Waals surface area contributed by atoms with Gasteiger partial charge in [0.25, 0.3) is 0 Å². The van der Waals surface area contributed by atoms with Gasteiger partial charge in [0, 0.05) is 0 Å². The second kappa shape index (κ2) is 6.21. The molecule has 0 saturated carbocycles. The van der Waals surface area contributed by atoms with E-state index >= 15 is 0 Å². The highest BCUT2D eigenvalue weighted by atomic mass is 32.3. The molecule has 0 fully saturated rings. The molecule has 0 amide bonds. The van der Waals surface area contributed by atoms with E-state index in [1.165, 1.54) is 0 Å². The fourth-order valence-corrected chi connectivity index (χ4v) is 0.978. The van der Waals surface area contributed by atoms with Crippen molar-refractivity contribution in [3.63, 3.8) is 0 Å². The molecule has 0 rings (SSSR count). The number of rotatable bonds is 2. The molecule has 0 radical (unpaired) electrons. The standard InChI is InChI=1S/H3NO.H3N.H2O7S2/c1-2;;1-8(2,3)7-9(4,5)6/h2H,1H2;1H3;(H,1,2,3)(H,4,5,6). The van der Waals surface area contributed by atoms with Gasteiger partial charge in [-0.2, -0.15) is 16.8 Å². The quantitative estimate of drug-likeness (QED) is 0.262. The lowest BCUT2D eigenvalue weighted by molar-refractivity contribution is 0.311. The van der Waals surface area contributed by atoms with E-state index in [-0.39, 0.29) is 6.15 Å². The Morgan fingerprint density at radius 1 is 0.917 bits per heavy atom. The Morgan fingerprint density at radius 3 is 1.08 bits per heavy atom. The van der Waals surface area contributed by atoms with Crippen molar-refractivity contribution in [2.24, 2.45) is 5.90 Å². The molecule has 0 atom stereocenters. The van der Waals surface area contributed by atoms with Crippen LogP contribution in [0.5, 0.6) is 0 Å². The van der Waals surface area contributed by atoms with Crippen molar-refractivity contribution in [2.45, 2.75) is 0 Å². The van der Waals surface area contributed by atoms with Gasteiger partial charge in [0.05, 0.1) is 0 Å². The molecule has 78 valence electrons. The lowest BCUT2D eigenvalue weighted by Gasteiger charge is -1.89. The van der Waals surface area contributed by atoms with Crippen molar-refractivity contribution < 1.29 is 34.8 Å². The maximum absolute atomic E-state index is 9.44. The molecule has 12 heavy (non-hydrogen) atoms. The van der Waals surface area contributed by atoms with Crippen LogP contribution in [-0.4, -0.2) is 31.1 Å². The minimum atomic E-state index is -5.12. The summed E-state index contributed by atoms with van der Waals surface area (Å²) in [6.45, 7) is 0. The minimum Gasteiger partial charge on any atom is -0.344 e. The van der Waals surface area contributed by atoms with Crippen LogP contribution in [0.1, 0.15) is 0 Å². The number of hydrogen-bond donors (Lipinski definition) is 5. The summed E-state index contributed by atoms with van der Waals surface area (Å²) in [5.74, 6) is 3.50. The number of nitrogens with two attached hydrogens (primary N) is 1. The first-order chi connectivity index (χ1) is 4.71. The average molecular weight is 228 g/mol. The van der Waals surface area contributed by atoms with Crippen LogP contribution < -0.4 is 12.0 Å². The summed E-state index contributed by atoms with van der Waals surface area (Å²) in [6, 6.07) is 0. The molecular formula is H8N2O8S2. The van der Waals surface area contributed by atoms with E-state index in [2.05, 4.69) is 9.53 Å². The molecule has 8 N–H and O–H groups in total. The topological polar surface area (TPSA) is 199 Å². The van der Waals surface area contributed by atoms with Gasteiger partial charge in [0.15, 0.2) is 0 Å². The van der Waals surface area contributed by atoms with E-state index in [4.69, 9.17) is 14.3 Å². The monoisotopic (exact) mass is 228 g/mol. The van der Waals surface area contributed by atoms with Gasteiger partial charge >= 0.3 is 20.8 Å². The Bertz CT molecular complexity index is 240. The molecule has 12 heteroatoms. The molecular weight excluding hydrogens is 220 g/mol. The van der Waals surface area contributed by atoms with Crippen LogP contribution in [0.25, 0.3) is 0 Å². The first-order valence-electron chi connectivity index (χ1n) is 1.62. The molecule has 0 aliphatic carbocycles. The lowest BCUT2D eigenvalue weighted by atomic mass is 13.6. The van der Waals surface area contributed by atoms with Crippen molar-refractivity contribution in [1.29, 1.82) is 0 Å². The van der Waals surface area contributed by atoms with Crippen molar-refractivity contribution in [3.05, 3.63) is 0 Å². The zero-order valence-corrected chi connectivity index (χ0v) is 7.12. The fourth-order valence-electron chi connectivity index (χ4n) is 0.109. The third-order valence-corrected chi connectivity index (χ3v) is 1.55. The summed E-state index contributed by atoms with van der Waals surface area (Å²) < 4.78 is 55.6. The van der Waals surface area contributed by atoms with E-state index in [0.29, 0.717) is 0 Å². The SMILES string of the molecule is N.NO.O=S(=O)(O)OS(=O)(=O)O. The molecule has 0 heterocycles. The van der Waals surface area contributed by atoms with Gasteiger partial charge in [-0.3, -0.25) is 9.11 Å². The van der Waals surface area contributed by atoms with Crippen LogP contribution in [0.4, 0.5) is 0 Å². The van der Waals surface area contributed by atoms with Crippen molar-refractivity contribution >= 4 is 20.8 Å². The summed E-state index contributed by atoms with van der Waals surface area (Å²) in [7, 11) is -10.2. The lowest BCUT2D eigenvalue weighted by Crippen LogP contribution is -2.10. The maximum atomic E-state index is 9.44. The minimum absolute atomic E-state index is 0. The predicted molar refractivity (Wildman–Crippen MR) is 35.2 cm³/mol. The highest BCUT2D eigenvalue weighted by molar-refractivity contribution is 7.94. The molecule has 0 unspecified atom stereocenters. The van der Waals surface area contributed by atoms with Gasteiger partial charge in [-0.1, -0.05) is 0 Å². The Kier molecular flexibility index (Phi) is 9.14. The smallest absolute Gasteiger partial charge is 0.344 e. The molecule has 0 bridgehead atoms. The predicted octanol–water partition coefficient (Wildman–Crippen LogP) is -1.90. The zero-order valence-electron chi connectivity index (χ0n) is 5.48. The van der Waals surface area contributed by atoms with Gasteiger partial charge in [0.2, 0.25) is 0 Å². The summed E-state index contributed by atoms with van der Waals surface area (Å²) in [5.41, 5.74) is 0. The molecule has 0 aromatic rings. The first kappa shape index (κ1) is 17.7. The molecule has 10 nitrogen and oxygen atoms in total. The second-order valence-electron chi connectivity index (χ2n) is 0.924. The maximum Gasteiger partial charge on any atom is 0.413 e. The van der Waals surface area contributed by atoms with Crippen LogP contribution >= 0.6 is 0 Å². The largest absolute Gasteiger partial charge is 0.413 e. The van der Waals surface area contributed by atoms with Gasteiger partial charge in [0.1, 0.15) is 0 Å². The first-order valence-corrected chi connectivity index (χ1v) is 4.35. The Morgan fingerprint density at radius 2 is 1.08 bits per heavy atom. The van der Waals surface area contributed by atoms with E-state index in [9.17, 15) is 16.8 Å². The number of hydrogen-bond acceptors (Lipinski definition) is 8. The van der Waals surface area contributed by atoms with Gasteiger partial charge in [-0.05, 0) is 0 Å². The van der Waals surface area contributed by atoms with Crippen molar-refractivity contribution in [2.75, 3.05) is 0 Å². The normalized spacial score (nSPS) is 10.7. The molecule has 0 aromatic carbocycles. The van der Waals surface area contributed by atoms with E-state index in [0.717, 1.165) is 0 Å². The highest BCUT2D eigenvalue weighted by Crippen LogP contribution is 1.91. The van der Waals surface area contributed by atoms with E-state index in [1.807, 2.05) is 0 Å². The summed E-state index contributed by atoms with van der Waals surface area (Å²) >= 11 is 0. The van der Waals surface area contributed by atoms with Crippen LogP contribution in [0, 0.1) is 0 Å². The third-order valence-electron chi connectivity index (χ3n) is 0.172. The molecule has 0 aliphatic heterocycles. The Balaban J connectivity index is -0.000000249. The van der Waals surface area contributed by atoms with Gasteiger partial charge in [-0.15, -0.1) is 3.63 Å². The third kappa shape index (κ3) is 22.6. The van der Waals surface area contributed by atoms with Crippen LogP contribution in [0.2, 0.25) is 0 Å². The fraction of sp³-hybridized carbons (Fsp3) is 0. The summed E-state index contributed by atoms with van der Waals surface area (Å²) in [5, 5.41) is 6.50. The van der Waals surface area contributed by atoms with Crippen molar-refractivity contribution in [3.8, 4) is 0 Å². The van der Waals surface area contributed by atoms with Gasteiger partial charge < -0.3 is 11.4 Å². The van der Waals surface area contributed by atoms with Gasteiger partial charge in [-0.25, -0.2) is 5.90 Å². The van der Waals surface area contributed by atoms with Crippen molar-refractivity contribution in [1.82, 2.24) is 6.15 Å². The van der Waals surface area contributed by atoms with E-state index < -0.39 is 20.8 Å². The van der Waals surface area contributed by atoms with E-state index in [1.54, 1.807) is 0 Å². The zero-order chi connectivity index (χ0) is 9.71.